The molecule has 0 bridgehead atoms. The first kappa shape index (κ1) is 20.2. The SMILES string of the molecule is CCNC(=NCC(C)Oc1ccccc1Br)NCCCCn1cnnc1. The quantitative estimate of drug-likeness (QED) is 0.349. The van der Waals surface area contributed by atoms with Crippen LogP contribution < -0.4 is 15.4 Å². The van der Waals surface area contributed by atoms with Crippen LogP contribution in [0.3, 0.4) is 0 Å². The van der Waals surface area contributed by atoms with Gasteiger partial charge in [0.05, 0.1) is 11.0 Å². The predicted octanol–water partition coefficient (Wildman–Crippen LogP) is 2.84. The molecule has 0 aliphatic heterocycles. The van der Waals surface area contributed by atoms with Crippen molar-refractivity contribution in [2.75, 3.05) is 19.6 Å². The summed E-state index contributed by atoms with van der Waals surface area (Å²) in [7, 11) is 0. The van der Waals surface area contributed by atoms with Crippen molar-refractivity contribution in [3.05, 3.63) is 41.4 Å². The summed E-state index contributed by atoms with van der Waals surface area (Å²) in [5.41, 5.74) is 0. The van der Waals surface area contributed by atoms with Gasteiger partial charge in [-0.3, -0.25) is 0 Å². The van der Waals surface area contributed by atoms with Gasteiger partial charge in [0.1, 0.15) is 24.5 Å². The lowest BCUT2D eigenvalue weighted by Crippen LogP contribution is -2.38. The Morgan fingerprint density at radius 3 is 2.73 bits per heavy atom. The van der Waals surface area contributed by atoms with Gasteiger partial charge in [0.2, 0.25) is 0 Å². The monoisotopic (exact) mass is 422 g/mol. The van der Waals surface area contributed by atoms with Gasteiger partial charge in [-0.1, -0.05) is 12.1 Å². The van der Waals surface area contributed by atoms with Crippen LogP contribution in [0.1, 0.15) is 26.7 Å². The number of guanidine groups is 1. The van der Waals surface area contributed by atoms with Gasteiger partial charge in [-0.15, -0.1) is 10.2 Å². The molecular weight excluding hydrogens is 396 g/mol. The number of nitrogens with zero attached hydrogens (tertiary/aromatic N) is 4. The van der Waals surface area contributed by atoms with Crippen LogP contribution in [0.5, 0.6) is 5.75 Å². The zero-order chi connectivity index (χ0) is 18.6. The van der Waals surface area contributed by atoms with E-state index in [0.717, 1.165) is 48.7 Å². The normalized spacial score (nSPS) is 12.7. The first-order chi connectivity index (χ1) is 12.7. The van der Waals surface area contributed by atoms with Crippen LogP contribution in [0.25, 0.3) is 0 Å². The number of aromatic nitrogens is 3. The highest BCUT2D eigenvalue weighted by atomic mass is 79.9. The minimum Gasteiger partial charge on any atom is -0.488 e. The Morgan fingerprint density at radius 1 is 1.23 bits per heavy atom. The maximum atomic E-state index is 5.93. The summed E-state index contributed by atoms with van der Waals surface area (Å²) in [5, 5.41) is 14.2. The highest BCUT2D eigenvalue weighted by molar-refractivity contribution is 9.10. The number of para-hydroxylation sites is 1. The van der Waals surface area contributed by atoms with E-state index in [-0.39, 0.29) is 6.10 Å². The summed E-state index contributed by atoms with van der Waals surface area (Å²) in [5.74, 6) is 1.65. The third-order valence-electron chi connectivity index (χ3n) is 3.62. The van der Waals surface area contributed by atoms with Crippen LogP contribution in [0.2, 0.25) is 0 Å². The molecule has 0 saturated heterocycles. The topological polar surface area (TPSA) is 76.4 Å². The van der Waals surface area contributed by atoms with Crippen molar-refractivity contribution in [3.63, 3.8) is 0 Å². The standard InChI is InChI=1S/C18H27BrN6O/c1-3-20-18(21-10-6-7-11-25-13-23-24-14-25)22-12-15(2)26-17-9-5-4-8-16(17)19/h4-5,8-9,13-15H,3,6-7,10-12H2,1-2H3,(H2,20,21,22). The van der Waals surface area contributed by atoms with Crippen molar-refractivity contribution in [1.29, 1.82) is 0 Å². The second kappa shape index (κ2) is 11.5. The molecule has 2 N–H and O–H groups in total. The molecule has 142 valence electrons. The summed E-state index contributed by atoms with van der Waals surface area (Å²) in [6, 6.07) is 7.85. The molecule has 0 spiro atoms. The first-order valence-electron chi connectivity index (χ1n) is 8.94. The number of rotatable bonds is 10. The molecule has 1 aromatic carbocycles. The Hall–Kier alpha value is -2.09. The largest absolute Gasteiger partial charge is 0.488 e. The molecule has 7 nitrogen and oxygen atoms in total. The third kappa shape index (κ3) is 7.43. The molecule has 1 heterocycles. The van der Waals surface area contributed by atoms with Crippen LogP contribution in [0, 0.1) is 0 Å². The number of hydrogen-bond acceptors (Lipinski definition) is 4. The van der Waals surface area contributed by atoms with Crippen LogP contribution in [0.4, 0.5) is 0 Å². The van der Waals surface area contributed by atoms with E-state index >= 15 is 0 Å². The highest BCUT2D eigenvalue weighted by Crippen LogP contribution is 2.24. The van der Waals surface area contributed by atoms with Crippen LogP contribution in [-0.4, -0.2) is 46.5 Å². The molecular formula is C18H27BrN6O. The zero-order valence-electron chi connectivity index (χ0n) is 15.4. The summed E-state index contributed by atoms with van der Waals surface area (Å²) in [4.78, 5) is 4.62. The van der Waals surface area contributed by atoms with E-state index in [9.17, 15) is 0 Å². The Kier molecular flexibility index (Phi) is 8.95. The second-order valence-electron chi connectivity index (χ2n) is 5.91. The maximum Gasteiger partial charge on any atom is 0.191 e. The minimum absolute atomic E-state index is 0.0158. The molecule has 26 heavy (non-hydrogen) atoms. The molecule has 0 amide bonds. The second-order valence-corrected chi connectivity index (χ2v) is 6.77. The van der Waals surface area contributed by atoms with Crippen LogP contribution in [-0.2, 0) is 6.54 Å². The molecule has 0 aliphatic rings. The van der Waals surface area contributed by atoms with E-state index in [4.69, 9.17) is 4.74 Å². The van der Waals surface area contributed by atoms with Crippen LogP contribution in [0.15, 0.2) is 46.4 Å². The summed E-state index contributed by atoms with van der Waals surface area (Å²) < 4.78 is 8.87. The number of aryl methyl sites for hydroxylation is 1. The van der Waals surface area contributed by atoms with Crippen molar-refractivity contribution < 1.29 is 4.74 Å². The van der Waals surface area contributed by atoms with Gasteiger partial charge in [-0.2, -0.15) is 0 Å². The number of hydrogen-bond donors (Lipinski definition) is 2. The van der Waals surface area contributed by atoms with Gasteiger partial charge < -0.3 is 19.9 Å². The van der Waals surface area contributed by atoms with E-state index in [2.05, 4.69) is 48.7 Å². The molecule has 2 rings (SSSR count). The first-order valence-corrected chi connectivity index (χ1v) is 9.74. The number of unbranched alkanes of at least 4 members (excludes halogenated alkanes) is 1. The molecule has 0 aliphatic carbocycles. The van der Waals surface area contributed by atoms with Gasteiger partial charge in [-0.05, 0) is 54.8 Å². The lowest BCUT2D eigenvalue weighted by Gasteiger charge is -2.16. The van der Waals surface area contributed by atoms with Crippen molar-refractivity contribution in [3.8, 4) is 5.75 Å². The molecule has 0 saturated carbocycles. The maximum absolute atomic E-state index is 5.93. The molecule has 8 heteroatoms. The van der Waals surface area contributed by atoms with Crippen molar-refractivity contribution >= 4 is 21.9 Å². The molecule has 1 atom stereocenters. The smallest absolute Gasteiger partial charge is 0.191 e. The number of ether oxygens (including phenoxy) is 1. The molecule has 1 unspecified atom stereocenters. The Morgan fingerprint density at radius 2 is 2.00 bits per heavy atom. The fraction of sp³-hybridized carbons (Fsp3) is 0.500. The Labute approximate surface area is 163 Å². The number of aliphatic imine (C=N–C) groups is 1. The predicted molar refractivity (Wildman–Crippen MR) is 107 cm³/mol. The van der Waals surface area contributed by atoms with Crippen molar-refractivity contribution in [1.82, 2.24) is 25.4 Å². The lowest BCUT2D eigenvalue weighted by molar-refractivity contribution is 0.228. The fourth-order valence-corrected chi connectivity index (χ4v) is 2.70. The van der Waals surface area contributed by atoms with Crippen LogP contribution >= 0.6 is 15.9 Å². The van der Waals surface area contributed by atoms with E-state index < -0.39 is 0 Å². The van der Waals surface area contributed by atoms with Crippen molar-refractivity contribution in [2.45, 2.75) is 39.3 Å². The summed E-state index contributed by atoms with van der Waals surface area (Å²) in [6.45, 7) is 7.28. The number of nitrogens with one attached hydrogen (secondary N) is 2. The van der Waals surface area contributed by atoms with E-state index in [0.29, 0.717) is 6.54 Å². The van der Waals surface area contributed by atoms with Gasteiger partial charge in [0, 0.05) is 19.6 Å². The number of benzene rings is 1. The number of halogens is 1. The van der Waals surface area contributed by atoms with Gasteiger partial charge in [-0.25, -0.2) is 4.99 Å². The van der Waals surface area contributed by atoms with Gasteiger partial charge in [0.15, 0.2) is 5.96 Å². The van der Waals surface area contributed by atoms with E-state index in [1.807, 2.05) is 35.8 Å². The van der Waals surface area contributed by atoms with E-state index in [1.165, 1.54) is 0 Å². The fourth-order valence-electron chi connectivity index (χ4n) is 2.32. The Balaban J connectivity index is 1.71. The zero-order valence-corrected chi connectivity index (χ0v) is 16.9. The molecule has 0 fully saturated rings. The minimum atomic E-state index is -0.0158. The average molecular weight is 423 g/mol. The molecule has 2 aromatic rings. The van der Waals surface area contributed by atoms with E-state index in [1.54, 1.807) is 12.7 Å². The van der Waals surface area contributed by atoms with Gasteiger partial charge in [0.25, 0.3) is 0 Å². The van der Waals surface area contributed by atoms with Gasteiger partial charge >= 0.3 is 0 Å². The summed E-state index contributed by atoms with van der Waals surface area (Å²) in [6.07, 6.45) is 5.58. The van der Waals surface area contributed by atoms with Crippen molar-refractivity contribution in [2.24, 2.45) is 4.99 Å². The molecule has 1 aromatic heterocycles. The molecule has 0 radical (unpaired) electrons. The lowest BCUT2D eigenvalue weighted by atomic mass is 10.3. The average Bonchev–Trinajstić information content (AvgIpc) is 3.15. The highest BCUT2D eigenvalue weighted by Gasteiger charge is 2.07. The third-order valence-corrected chi connectivity index (χ3v) is 4.27. The Bertz CT molecular complexity index is 661. The summed E-state index contributed by atoms with van der Waals surface area (Å²) >= 11 is 3.50.